The summed E-state index contributed by atoms with van der Waals surface area (Å²) in [5.74, 6) is -1.53. The molecule has 1 N–H and O–H groups in total. The number of hydrogen-bond acceptors (Lipinski definition) is 6. The van der Waals surface area contributed by atoms with E-state index in [0.717, 1.165) is 89.9 Å². The number of quaternary nitrogens is 1. The van der Waals surface area contributed by atoms with Gasteiger partial charge < -0.3 is 23.8 Å². The van der Waals surface area contributed by atoms with E-state index >= 15 is 0 Å². The van der Waals surface area contributed by atoms with Gasteiger partial charge in [-0.2, -0.15) is 0 Å². The molecule has 0 bridgehead atoms. The summed E-state index contributed by atoms with van der Waals surface area (Å²) < 4.78 is 17.2. The fourth-order valence-corrected chi connectivity index (χ4v) is 5.76. The molecule has 0 fully saturated rings. The van der Waals surface area contributed by atoms with Crippen LogP contribution in [0.5, 0.6) is 0 Å². The molecule has 0 aromatic heterocycles. The maximum absolute atomic E-state index is 12.7. The fourth-order valence-electron chi connectivity index (χ4n) is 5.76. The molecule has 0 spiro atoms. The number of hydrogen-bond donors (Lipinski definition) is 1. The number of carbonyl (C=O) groups excluding carboxylic acids is 2. The van der Waals surface area contributed by atoms with Crippen molar-refractivity contribution in [2.45, 2.75) is 167 Å². The SMILES string of the molecule is CC/C=C\C/C=C\C/C=C\C/C=C\C/C=C\CCCCCC(=O)OC(COCCC(C(=O)O)[N+](C)(C)C)COC(=O)CCCCCCC/C=C\CCCCC. The summed E-state index contributed by atoms with van der Waals surface area (Å²) in [6.07, 6.45) is 46.6. The Hall–Kier alpha value is -3.23. The van der Waals surface area contributed by atoms with Crippen molar-refractivity contribution in [2.75, 3.05) is 41.0 Å². The lowest BCUT2D eigenvalue weighted by molar-refractivity contribution is -0.887. The van der Waals surface area contributed by atoms with Crippen molar-refractivity contribution in [1.29, 1.82) is 0 Å². The quantitative estimate of drug-likeness (QED) is 0.0291. The first kappa shape index (κ1) is 51.8. The Morgan fingerprint density at radius 1 is 0.564 bits per heavy atom. The first-order valence-electron chi connectivity index (χ1n) is 21.5. The normalized spacial score (nSPS) is 13.7. The van der Waals surface area contributed by atoms with E-state index in [1.807, 2.05) is 21.1 Å². The van der Waals surface area contributed by atoms with Crippen LogP contribution in [0.1, 0.15) is 155 Å². The molecule has 0 aliphatic rings. The third-order valence-electron chi connectivity index (χ3n) is 9.09. The number of unbranched alkanes of at least 4 members (excludes halogenated alkanes) is 11. The molecule has 0 aliphatic heterocycles. The van der Waals surface area contributed by atoms with Gasteiger partial charge in [0.25, 0.3) is 0 Å². The van der Waals surface area contributed by atoms with Crippen molar-refractivity contribution >= 4 is 17.9 Å². The topological polar surface area (TPSA) is 99.1 Å². The monoisotopic (exact) mass is 771 g/mol. The van der Waals surface area contributed by atoms with Crippen LogP contribution in [0.15, 0.2) is 72.9 Å². The van der Waals surface area contributed by atoms with Crippen molar-refractivity contribution in [3.8, 4) is 0 Å². The third-order valence-corrected chi connectivity index (χ3v) is 9.09. The predicted molar refractivity (Wildman–Crippen MR) is 229 cm³/mol. The molecule has 0 radical (unpaired) electrons. The van der Waals surface area contributed by atoms with Crippen molar-refractivity contribution in [2.24, 2.45) is 0 Å². The minimum absolute atomic E-state index is 0.0413. The molecule has 0 rings (SSSR count). The van der Waals surface area contributed by atoms with Crippen LogP contribution < -0.4 is 0 Å². The van der Waals surface area contributed by atoms with Gasteiger partial charge in [-0.25, -0.2) is 4.79 Å². The summed E-state index contributed by atoms with van der Waals surface area (Å²) in [4.78, 5) is 36.9. The van der Waals surface area contributed by atoms with Crippen LogP contribution >= 0.6 is 0 Å². The molecule has 0 aliphatic carbocycles. The van der Waals surface area contributed by atoms with E-state index in [-0.39, 0.29) is 42.7 Å². The second-order valence-electron chi connectivity index (χ2n) is 15.2. The van der Waals surface area contributed by atoms with Gasteiger partial charge in [-0.1, -0.05) is 125 Å². The van der Waals surface area contributed by atoms with Gasteiger partial charge in [0.1, 0.15) is 6.61 Å². The highest BCUT2D eigenvalue weighted by Gasteiger charge is 2.31. The number of rotatable bonds is 37. The number of allylic oxidation sites excluding steroid dienone is 12. The zero-order valence-corrected chi connectivity index (χ0v) is 35.6. The van der Waals surface area contributed by atoms with Gasteiger partial charge in [0.15, 0.2) is 12.1 Å². The van der Waals surface area contributed by atoms with Crippen LogP contribution in [0.4, 0.5) is 0 Å². The molecule has 8 heteroatoms. The maximum Gasteiger partial charge on any atom is 0.362 e. The number of nitrogens with zero attached hydrogens (tertiary/aromatic N) is 1. The van der Waals surface area contributed by atoms with E-state index in [0.29, 0.717) is 12.8 Å². The Kier molecular flexibility index (Phi) is 35.5. The van der Waals surface area contributed by atoms with Crippen LogP contribution in [0.25, 0.3) is 0 Å². The molecule has 8 nitrogen and oxygen atoms in total. The summed E-state index contributed by atoms with van der Waals surface area (Å²) in [6.45, 7) is 4.53. The molecule has 0 heterocycles. The Labute approximate surface area is 336 Å². The summed E-state index contributed by atoms with van der Waals surface area (Å²) in [6, 6.07) is -0.625. The highest BCUT2D eigenvalue weighted by Crippen LogP contribution is 2.12. The van der Waals surface area contributed by atoms with Crippen LogP contribution in [0.3, 0.4) is 0 Å². The summed E-state index contributed by atoms with van der Waals surface area (Å²) in [5.41, 5.74) is 0. The van der Waals surface area contributed by atoms with Gasteiger partial charge >= 0.3 is 17.9 Å². The lowest BCUT2D eigenvalue weighted by atomic mass is 10.1. The smallest absolute Gasteiger partial charge is 0.362 e. The number of esters is 2. The zero-order valence-electron chi connectivity index (χ0n) is 35.6. The molecular weight excluding hydrogens is 691 g/mol. The minimum atomic E-state index is -0.885. The van der Waals surface area contributed by atoms with Gasteiger partial charge in [0, 0.05) is 19.3 Å². The molecule has 314 valence electrons. The zero-order chi connectivity index (χ0) is 40.7. The fraction of sp³-hybridized carbons (Fsp3) is 0.681. The first-order valence-corrected chi connectivity index (χ1v) is 21.5. The van der Waals surface area contributed by atoms with E-state index in [2.05, 4.69) is 86.8 Å². The summed E-state index contributed by atoms with van der Waals surface area (Å²) in [5, 5.41) is 9.61. The number of aliphatic carboxylic acids is 1. The van der Waals surface area contributed by atoms with E-state index in [1.54, 1.807) is 0 Å². The van der Waals surface area contributed by atoms with E-state index < -0.39 is 18.1 Å². The minimum Gasteiger partial charge on any atom is -0.477 e. The Bertz CT molecular complexity index is 1130. The van der Waals surface area contributed by atoms with Gasteiger partial charge in [0.2, 0.25) is 0 Å². The first-order chi connectivity index (χ1) is 26.6. The lowest BCUT2D eigenvalue weighted by Gasteiger charge is -2.31. The predicted octanol–water partition coefficient (Wildman–Crippen LogP) is 11.6. The molecule has 0 saturated carbocycles. The van der Waals surface area contributed by atoms with Crippen LogP contribution in [0, 0.1) is 0 Å². The Morgan fingerprint density at radius 3 is 1.55 bits per heavy atom. The molecular formula is C47H80NO7+. The summed E-state index contributed by atoms with van der Waals surface area (Å²) in [7, 11) is 5.50. The molecule has 2 atom stereocenters. The molecule has 0 amide bonds. The van der Waals surface area contributed by atoms with Gasteiger partial charge in [0.05, 0.1) is 34.4 Å². The summed E-state index contributed by atoms with van der Waals surface area (Å²) >= 11 is 0. The number of carboxylic acids is 1. The number of likely N-dealkylation sites (N-methyl/N-ethyl adjacent to an activating group) is 1. The van der Waals surface area contributed by atoms with E-state index in [4.69, 9.17) is 14.2 Å². The molecule has 55 heavy (non-hydrogen) atoms. The van der Waals surface area contributed by atoms with E-state index in [1.165, 1.54) is 32.1 Å². The van der Waals surface area contributed by atoms with Crippen molar-refractivity contribution in [3.63, 3.8) is 0 Å². The standard InChI is InChI=1S/C47H79NO7/c1-6-8-10-12-14-16-18-20-21-22-23-24-25-26-28-30-32-34-36-38-46(50)55-43(41-53-40-39-44(47(51)52)48(3,4)5)42-54-45(49)37-35-33-31-29-27-19-17-15-13-11-9-7-2/h8,10,14-17,20-21,23-24,26,28,43-44H,6-7,9,11-13,18-19,22,25,27,29-42H2,1-5H3/p+1/b10-8-,16-14-,17-15-,21-20-,24-23-,28-26-. The van der Waals surface area contributed by atoms with Crippen LogP contribution in [-0.2, 0) is 28.6 Å². The van der Waals surface area contributed by atoms with Crippen LogP contribution in [0.2, 0.25) is 0 Å². The number of ether oxygens (including phenoxy) is 3. The molecule has 2 unspecified atom stereocenters. The molecule has 0 aromatic rings. The van der Waals surface area contributed by atoms with Gasteiger partial charge in [-0.3, -0.25) is 9.59 Å². The third kappa shape index (κ3) is 36.2. The number of carbonyl (C=O) groups is 3. The average molecular weight is 771 g/mol. The van der Waals surface area contributed by atoms with Crippen molar-refractivity contribution in [1.82, 2.24) is 0 Å². The lowest BCUT2D eigenvalue weighted by Crippen LogP contribution is -2.50. The maximum atomic E-state index is 12.7. The second kappa shape index (κ2) is 37.7. The van der Waals surface area contributed by atoms with E-state index in [9.17, 15) is 19.5 Å². The molecule has 0 saturated heterocycles. The van der Waals surface area contributed by atoms with Gasteiger partial charge in [-0.05, 0) is 83.5 Å². The van der Waals surface area contributed by atoms with Crippen molar-refractivity contribution < 1.29 is 38.2 Å². The highest BCUT2D eigenvalue weighted by atomic mass is 16.6. The highest BCUT2D eigenvalue weighted by molar-refractivity contribution is 5.72. The largest absolute Gasteiger partial charge is 0.477 e. The average Bonchev–Trinajstić information content (AvgIpc) is 3.14. The molecule has 0 aromatic carbocycles. The number of carboxylic acid groups (broad SMARTS) is 1. The Balaban J connectivity index is 4.45. The Morgan fingerprint density at radius 2 is 1.02 bits per heavy atom. The second-order valence-corrected chi connectivity index (χ2v) is 15.2. The van der Waals surface area contributed by atoms with Gasteiger partial charge in [-0.15, -0.1) is 0 Å². The van der Waals surface area contributed by atoms with Crippen molar-refractivity contribution in [3.05, 3.63) is 72.9 Å². The van der Waals surface area contributed by atoms with Crippen LogP contribution in [-0.4, -0.2) is 80.6 Å².